The van der Waals surface area contributed by atoms with Crippen molar-refractivity contribution in [3.05, 3.63) is 70.8 Å². The second-order valence-corrected chi connectivity index (χ2v) is 19.4. The van der Waals surface area contributed by atoms with Crippen LogP contribution in [0.5, 0.6) is 0 Å². The fraction of sp³-hybridized carbons (Fsp3) is 0.521. The summed E-state index contributed by atoms with van der Waals surface area (Å²) in [6, 6.07) is 7.31. The van der Waals surface area contributed by atoms with Gasteiger partial charge in [-0.2, -0.15) is 54.0 Å². The van der Waals surface area contributed by atoms with Crippen molar-refractivity contribution in [3.8, 4) is 22.5 Å². The first-order valence-electron chi connectivity index (χ1n) is 22.3. The third-order valence-electron chi connectivity index (χ3n) is 12.7. The zero-order valence-corrected chi connectivity index (χ0v) is 45.1. The number of allylic oxidation sites excluding steroid dienone is 1. The van der Waals surface area contributed by atoms with Crippen molar-refractivity contribution in [2.24, 2.45) is 17.3 Å². The summed E-state index contributed by atoms with van der Waals surface area (Å²) in [5.74, 6) is -1.70. The van der Waals surface area contributed by atoms with Gasteiger partial charge in [-0.1, -0.05) is 40.3 Å². The number of hydrogen-bond donors (Lipinski definition) is 2. The fourth-order valence-corrected chi connectivity index (χ4v) is 10.2. The predicted molar refractivity (Wildman–Crippen MR) is 288 cm³/mol. The lowest BCUT2D eigenvalue weighted by Crippen LogP contribution is -2.63. The van der Waals surface area contributed by atoms with Crippen molar-refractivity contribution in [1.82, 2.24) is 40.1 Å². The van der Waals surface area contributed by atoms with Crippen LogP contribution in [-0.4, -0.2) is 117 Å². The van der Waals surface area contributed by atoms with Gasteiger partial charge < -0.3 is 29.2 Å². The number of nitrogens with zero attached hydrogens (tertiary/aromatic N) is 6. The number of aryl methyl sites for hydroxylation is 1. The summed E-state index contributed by atoms with van der Waals surface area (Å²) in [5, 5.41) is 8.08. The Bertz CT molecular complexity index is 2440. The van der Waals surface area contributed by atoms with Gasteiger partial charge in [0.1, 0.15) is 18.1 Å². The van der Waals surface area contributed by atoms with Crippen LogP contribution < -0.4 is 10.7 Å². The number of rotatable bonds is 11. The molecule has 0 radical (unpaired) electrons. The second-order valence-electron chi connectivity index (χ2n) is 18.5. The zero-order valence-electron chi connectivity index (χ0n) is 40.3. The van der Waals surface area contributed by atoms with Crippen molar-refractivity contribution >= 4 is 106 Å². The van der Waals surface area contributed by atoms with Crippen LogP contribution in [0.15, 0.2) is 54.6 Å². The molecule has 0 saturated carbocycles. The Kier molecular flexibility index (Phi) is 21.1. The minimum atomic E-state index is -1.08. The van der Waals surface area contributed by atoms with E-state index in [1.54, 1.807) is 25.3 Å². The minimum absolute atomic E-state index is 0. The van der Waals surface area contributed by atoms with Gasteiger partial charge in [0.15, 0.2) is 5.78 Å². The number of thiazole rings is 1. The molecule has 3 aromatic heterocycles. The molecule has 2 N–H and O–H groups in total. The number of urea groups is 1. The van der Waals surface area contributed by atoms with Crippen LogP contribution in [0.25, 0.3) is 33.4 Å². The number of esters is 1. The number of likely N-dealkylation sites (N-methyl/N-ethyl adjacent to an activating group) is 1. The van der Waals surface area contributed by atoms with Crippen LogP contribution in [0, 0.1) is 17.3 Å². The maximum absolute atomic E-state index is 14.6. The number of carbonyl (C=O) groups is 5. The van der Waals surface area contributed by atoms with Gasteiger partial charge in [0.25, 0.3) is 5.91 Å². The third-order valence-corrected chi connectivity index (χ3v) is 13.6. The first kappa shape index (κ1) is 58.3. The molecule has 15 nitrogen and oxygen atoms in total. The Morgan fingerprint density at radius 1 is 1.12 bits per heavy atom. The summed E-state index contributed by atoms with van der Waals surface area (Å²) in [7, 11) is 3.27. The molecule has 374 valence electrons. The maximum Gasteiger partial charge on any atom is 0.324 e. The van der Waals surface area contributed by atoms with Crippen LogP contribution in [0.3, 0.4) is 0 Å². The van der Waals surface area contributed by atoms with E-state index >= 15 is 0 Å². The number of benzene rings is 1. The number of amides is 4. The molecule has 0 unspecified atom stereocenters. The number of hydrogen-bond acceptors (Lipinski definition) is 11. The van der Waals surface area contributed by atoms with Gasteiger partial charge in [0.2, 0.25) is 5.91 Å². The Labute approximate surface area is 432 Å². The molecular formula is C48H70N8O7S5. The monoisotopic (exact) mass is 1030 g/mol. The highest BCUT2D eigenvalue weighted by molar-refractivity contribution is 7.59. The molecule has 7 rings (SSSR count). The van der Waals surface area contributed by atoms with Crippen molar-refractivity contribution in [2.45, 2.75) is 104 Å². The van der Waals surface area contributed by atoms with E-state index in [0.717, 1.165) is 44.7 Å². The first-order valence-corrected chi connectivity index (χ1v) is 23.2. The highest BCUT2D eigenvalue weighted by atomic mass is 32.1. The average molecular weight is 1030 g/mol. The number of cyclic esters (lactones) is 1. The van der Waals surface area contributed by atoms with Gasteiger partial charge in [0, 0.05) is 98.1 Å². The quantitative estimate of drug-likeness (QED) is 0.120. The lowest BCUT2D eigenvalue weighted by atomic mass is 9.84. The highest BCUT2D eigenvalue weighted by Gasteiger charge is 2.41. The topological polar surface area (TPSA) is 168 Å². The Hall–Kier alpha value is -4.05. The Morgan fingerprint density at radius 2 is 1.84 bits per heavy atom. The van der Waals surface area contributed by atoms with Crippen molar-refractivity contribution < 1.29 is 33.4 Å². The Balaban J connectivity index is 0.00000306. The fourth-order valence-electron chi connectivity index (χ4n) is 9.31. The van der Waals surface area contributed by atoms with Crippen molar-refractivity contribution in [2.75, 3.05) is 40.4 Å². The molecule has 0 aliphatic carbocycles. The highest BCUT2D eigenvalue weighted by Crippen LogP contribution is 2.42. The number of likely N-dealkylation sites (tertiary alicyclic amines) is 1. The van der Waals surface area contributed by atoms with Gasteiger partial charge in [-0.3, -0.25) is 29.2 Å². The zero-order chi connectivity index (χ0) is 46.0. The maximum atomic E-state index is 14.6. The lowest BCUT2D eigenvalue weighted by Gasteiger charge is -2.43. The van der Waals surface area contributed by atoms with Gasteiger partial charge in [-0.05, 0) is 74.9 Å². The molecule has 6 bridgehead atoms. The van der Waals surface area contributed by atoms with E-state index in [0.29, 0.717) is 56.9 Å². The molecule has 3 aliphatic heterocycles. The number of pyridine rings is 1. The number of carbonyl (C=O) groups excluding carboxylic acids is 5. The summed E-state index contributed by atoms with van der Waals surface area (Å²) in [6.07, 6.45) is 4.81. The largest absolute Gasteiger partial charge is 0.464 e. The number of methoxy groups -OCH3 is 1. The number of nitrogens with one attached hydrogen (secondary N) is 2. The number of aromatic nitrogens is 3. The van der Waals surface area contributed by atoms with E-state index < -0.39 is 41.3 Å². The van der Waals surface area contributed by atoms with E-state index in [9.17, 15) is 24.0 Å². The predicted octanol–water partition coefficient (Wildman–Crippen LogP) is 6.81. The van der Waals surface area contributed by atoms with Crippen LogP contribution >= 0.6 is 65.3 Å². The molecule has 3 aliphatic rings. The summed E-state index contributed by atoms with van der Waals surface area (Å²) in [6.45, 7) is 17.5. The van der Waals surface area contributed by atoms with Crippen LogP contribution in [0.4, 0.5) is 4.79 Å². The third kappa shape index (κ3) is 12.5. The number of ketones is 1. The summed E-state index contributed by atoms with van der Waals surface area (Å²) < 4.78 is 14.2. The van der Waals surface area contributed by atoms with Crippen molar-refractivity contribution in [1.29, 1.82) is 0 Å². The molecule has 6 heterocycles. The molecule has 0 spiro atoms. The lowest BCUT2D eigenvalue weighted by molar-refractivity contribution is -0.155. The summed E-state index contributed by atoms with van der Waals surface area (Å²) in [5.41, 5.74) is 9.26. The molecule has 4 atom stereocenters. The van der Waals surface area contributed by atoms with Gasteiger partial charge in [0.05, 0.1) is 34.8 Å². The van der Waals surface area contributed by atoms with Crippen LogP contribution in [-0.2, 0) is 48.0 Å². The average Bonchev–Trinajstić information content (AvgIpc) is 3.86. The number of hydrazine groups is 1. The number of ether oxygens (including phenoxy) is 2. The first-order chi connectivity index (χ1) is 30.5. The molecule has 20 heteroatoms. The van der Waals surface area contributed by atoms with Gasteiger partial charge in [-0.25, -0.2) is 15.2 Å². The smallest absolute Gasteiger partial charge is 0.324 e. The van der Waals surface area contributed by atoms with E-state index in [1.165, 1.54) is 27.3 Å². The standard InChI is InChI=1S/C48H62N8O7S.4H2S/c1-10-32(57)20-30-24-54(25-30)47(61)53(8)42(28(3)4)44(58)51-37-22-40-50-38(26-64-40)31-16-17-39-34(21-31)35(43(55(39)11-2)33-14-12-18-49-41(33)29(5)62-9)23-48(6,7)27-63-46(60)36-15-13-19-56(52-36)45(37)59;;;;/h10,12,14,16-18,21,26,28-30,36-37,42,52H,1,11,13,15,19-20,22-25,27H2,2-9H3,(H,51,58);4*1H2/t29-,36-,37-,42-;;;;/m0..../s1. The number of fused-ring (bicyclic) bond motifs is 6. The molecule has 4 amide bonds. The van der Waals surface area contributed by atoms with E-state index in [1.807, 2.05) is 32.2 Å². The molecular weight excluding hydrogens is 961 g/mol. The van der Waals surface area contributed by atoms with Gasteiger partial charge >= 0.3 is 12.0 Å². The molecule has 2 fully saturated rings. The SMILES string of the molecule is C=CC(=O)CC1CN(C(=O)N(C)[C@H](C(=O)N[C@H]2Cc3nc(cs3)-c3ccc4c(c3)c(c(-c3cccnc3[C@H](C)OC)n4CC)CC(C)(C)COC(=O)[C@@H]3CCCN(N3)C2=O)C(C)C)C1.S.S.S.S. The van der Waals surface area contributed by atoms with Crippen molar-refractivity contribution in [3.63, 3.8) is 0 Å². The molecule has 68 heavy (non-hydrogen) atoms. The van der Waals surface area contributed by atoms with E-state index in [4.69, 9.17) is 19.4 Å². The van der Waals surface area contributed by atoms with E-state index in [2.05, 4.69) is 66.9 Å². The normalized spacial score (nSPS) is 19.1. The second kappa shape index (κ2) is 24.7. The Morgan fingerprint density at radius 3 is 2.50 bits per heavy atom. The molecule has 4 aromatic rings. The van der Waals surface area contributed by atoms with Crippen LogP contribution in [0.1, 0.15) is 83.2 Å². The van der Waals surface area contributed by atoms with E-state index in [-0.39, 0.29) is 96.8 Å². The minimum Gasteiger partial charge on any atom is -0.464 e. The van der Waals surface area contributed by atoms with Crippen LogP contribution in [0.2, 0.25) is 0 Å². The van der Waals surface area contributed by atoms with Gasteiger partial charge in [-0.15, -0.1) is 11.3 Å². The summed E-state index contributed by atoms with van der Waals surface area (Å²) in [4.78, 5) is 81.2. The molecule has 1 aromatic carbocycles. The summed E-state index contributed by atoms with van der Waals surface area (Å²) >= 11 is 1.41. The molecule has 2 saturated heterocycles.